The molecule has 0 spiro atoms. The molecule has 142 valence electrons. The minimum absolute atomic E-state index is 0. The summed E-state index contributed by atoms with van der Waals surface area (Å²) in [4.78, 5) is 11.5. The van der Waals surface area contributed by atoms with Gasteiger partial charge in [-0.25, -0.2) is 0 Å². The molecule has 1 atom stereocenters. The van der Waals surface area contributed by atoms with E-state index in [1.54, 1.807) is 0 Å². The summed E-state index contributed by atoms with van der Waals surface area (Å²) in [6.07, 6.45) is 1.36. The molecule has 26 heavy (non-hydrogen) atoms. The summed E-state index contributed by atoms with van der Waals surface area (Å²) >= 11 is 0. The largest absolute Gasteiger partial charge is 0.394 e. The molecule has 2 heterocycles. The minimum atomic E-state index is 0. The Morgan fingerprint density at radius 1 is 1.35 bits per heavy atom. The lowest BCUT2D eigenvalue weighted by atomic mass is 9.97. The van der Waals surface area contributed by atoms with E-state index >= 15 is 0 Å². The molecule has 7 heteroatoms. The number of benzene rings is 1. The van der Waals surface area contributed by atoms with Crippen LogP contribution in [0.2, 0.25) is 0 Å². The Kier molecular flexibility index (Phi) is 6.81. The van der Waals surface area contributed by atoms with Crippen LogP contribution in [0.25, 0.3) is 0 Å². The molecular formula is C19H27ClN4O2. The van der Waals surface area contributed by atoms with E-state index in [0.29, 0.717) is 13.0 Å². The van der Waals surface area contributed by atoms with Crippen LogP contribution in [0.5, 0.6) is 0 Å². The Bertz CT molecular complexity index is 788. The first kappa shape index (κ1) is 20.4. The number of nitrogens with one attached hydrogen (secondary N) is 2. The molecule has 0 radical (unpaired) electrons. The van der Waals surface area contributed by atoms with Gasteiger partial charge in [0.2, 0.25) is 5.91 Å². The Morgan fingerprint density at radius 3 is 2.85 bits per heavy atom. The van der Waals surface area contributed by atoms with Gasteiger partial charge in [-0.1, -0.05) is 12.1 Å². The quantitative estimate of drug-likeness (QED) is 0.722. The number of rotatable bonds is 6. The van der Waals surface area contributed by atoms with Gasteiger partial charge in [0.15, 0.2) is 0 Å². The summed E-state index contributed by atoms with van der Waals surface area (Å²) in [5, 5.41) is 20.1. The number of halogens is 1. The topological polar surface area (TPSA) is 79.2 Å². The van der Waals surface area contributed by atoms with Gasteiger partial charge in [-0.2, -0.15) is 5.10 Å². The second kappa shape index (κ2) is 8.66. The SMILES string of the molecule is Cc1nn(CCO)c(C)c1CNC(C)c1ccc2c(c1)CCC(=O)N2.Cl. The number of anilines is 1. The average Bonchev–Trinajstić information content (AvgIpc) is 2.86. The highest BCUT2D eigenvalue weighted by Gasteiger charge is 2.17. The van der Waals surface area contributed by atoms with E-state index in [4.69, 9.17) is 5.11 Å². The zero-order valence-corrected chi connectivity index (χ0v) is 16.3. The molecule has 0 bridgehead atoms. The molecule has 2 aromatic rings. The van der Waals surface area contributed by atoms with Crippen molar-refractivity contribution in [1.82, 2.24) is 15.1 Å². The van der Waals surface area contributed by atoms with Gasteiger partial charge in [-0.15, -0.1) is 12.4 Å². The highest BCUT2D eigenvalue weighted by atomic mass is 35.5. The number of aliphatic hydroxyl groups is 1. The van der Waals surface area contributed by atoms with E-state index < -0.39 is 0 Å². The fraction of sp³-hybridized carbons (Fsp3) is 0.474. The van der Waals surface area contributed by atoms with Crippen molar-refractivity contribution in [1.29, 1.82) is 0 Å². The summed E-state index contributed by atoms with van der Waals surface area (Å²) in [5.41, 5.74) is 6.63. The van der Waals surface area contributed by atoms with Gasteiger partial charge in [0.05, 0.1) is 18.8 Å². The van der Waals surface area contributed by atoms with E-state index in [-0.39, 0.29) is 31.0 Å². The van der Waals surface area contributed by atoms with Gasteiger partial charge in [0.25, 0.3) is 0 Å². The first-order valence-corrected chi connectivity index (χ1v) is 8.79. The number of fused-ring (bicyclic) bond motifs is 1. The van der Waals surface area contributed by atoms with E-state index in [1.807, 2.05) is 24.6 Å². The fourth-order valence-electron chi connectivity index (χ4n) is 3.35. The molecule has 3 rings (SSSR count). The third kappa shape index (κ3) is 4.26. The smallest absolute Gasteiger partial charge is 0.224 e. The zero-order valence-electron chi connectivity index (χ0n) is 15.5. The number of amides is 1. The van der Waals surface area contributed by atoms with Crippen LogP contribution in [0.3, 0.4) is 0 Å². The molecule has 1 aliphatic rings. The predicted octanol–water partition coefficient (Wildman–Crippen LogP) is 2.65. The first-order chi connectivity index (χ1) is 12.0. The standard InChI is InChI=1S/C19H26N4O2.ClH/c1-12(15-4-6-18-16(10-15)5-7-19(25)21-18)20-11-17-13(2)22-23(8-9-24)14(17)3;/h4,6,10,12,20,24H,5,7-9,11H2,1-3H3,(H,21,25);1H. The monoisotopic (exact) mass is 378 g/mol. The van der Waals surface area contributed by atoms with Gasteiger partial charge in [0.1, 0.15) is 0 Å². The Balaban J connectivity index is 0.00000243. The van der Waals surface area contributed by atoms with Crippen molar-refractivity contribution in [3.63, 3.8) is 0 Å². The van der Waals surface area contributed by atoms with E-state index in [0.717, 1.165) is 30.0 Å². The summed E-state index contributed by atoms with van der Waals surface area (Å²) < 4.78 is 1.86. The van der Waals surface area contributed by atoms with Crippen molar-refractivity contribution in [2.24, 2.45) is 0 Å². The lowest BCUT2D eigenvalue weighted by molar-refractivity contribution is -0.116. The average molecular weight is 379 g/mol. The summed E-state index contributed by atoms with van der Waals surface area (Å²) in [6.45, 7) is 7.54. The van der Waals surface area contributed by atoms with Crippen molar-refractivity contribution in [3.8, 4) is 0 Å². The number of aromatic nitrogens is 2. The molecule has 1 unspecified atom stereocenters. The van der Waals surface area contributed by atoms with Gasteiger partial charge >= 0.3 is 0 Å². The molecular weight excluding hydrogens is 352 g/mol. The minimum Gasteiger partial charge on any atom is -0.394 e. The van der Waals surface area contributed by atoms with E-state index in [1.165, 1.54) is 16.7 Å². The third-order valence-electron chi connectivity index (χ3n) is 4.95. The lowest BCUT2D eigenvalue weighted by Crippen LogP contribution is -2.21. The fourth-order valence-corrected chi connectivity index (χ4v) is 3.35. The summed E-state index contributed by atoms with van der Waals surface area (Å²) in [5.74, 6) is 0.0947. The van der Waals surface area contributed by atoms with Crippen LogP contribution < -0.4 is 10.6 Å². The van der Waals surface area contributed by atoms with Crippen molar-refractivity contribution in [3.05, 3.63) is 46.3 Å². The number of carbonyl (C=O) groups excluding carboxylic acids is 1. The van der Waals surface area contributed by atoms with E-state index in [9.17, 15) is 4.79 Å². The van der Waals surface area contributed by atoms with E-state index in [2.05, 4.69) is 34.8 Å². The number of aliphatic hydroxyl groups excluding tert-OH is 1. The number of hydrogen-bond donors (Lipinski definition) is 3. The Hall–Kier alpha value is -1.89. The van der Waals surface area contributed by atoms with Gasteiger partial charge in [-0.3, -0.25) is 9.48 Å². The van der Waals surface area contributed by atoms with Crippen molar-refractivity contribution >= 4 is 24.0 Å². The maximum Gasteiger partial charge on any atom is 0.224 e. The van der Waals surface area contributed by atoms with Crippen molar-refractivity contribution in [2.75, 3.05) is 11.9 Å². The zero-order chi connectivity index (χ0) is 18.0. The van der Waals surface area contributed by atoms with Crippen LogP contribution in [-0.2, 0) is 24.3 Å². The molecule has 1 amide bonds. The van der Waals surface area contributed by atoms with Crippen molar-refractivity contribution in [2.45, 2.75) is 52.7 Å². The molecule has 0 saturated heterocycles. The number of aryl methyl sites for hydroxylation is 2. The number of hydrogen-bond acceptors (Lipinski definition) is 4. The maximum absolute atomic E-state index is 11.5. The molecule has 0 aliphatic carbocycles. The predicted molar refractivity (Wildman–Crippen MR) is 105 cm³/mol. The van der Waals surface area contributed by atoms with Crippen LogP contribution in [0.4, 0.5) is 5.69 Å². The molecule has 1 aliphatic heterocycles. The first-order valence-electron chi connectivity index (χ1n) is 8.79. The molecule has 1 aromatic carbocycles. The number of carbonyl (C=O) groups is 1. The molecule has 0 saturated carbocycles. The van der Waals surface area contributed by atoms with Gasteiger partial charge in [0, 0.05) is 36.0 Å². The highest BCUT2D eigenvalue weighted by molar-refractivity contribution is 5.93. The van der Waals surface area contributed by atoms with Crippen LogP contribution in [0.1, 0.15) is 47.5 Å². The third-order valence-corrected chi connectivity index (χ3v) is 4.95. The summed E-state index contributed by atoms with van der Waals surface area (Å²) in [6, 6.07) is 6.44. The molecule has 6 nitrogen and oxygen atoms in total. The molecule has 0 fully saturated rings. The normalized spacial score (nSPS) is 14.4. The number of nitrogens with zero attached hydrogens (tertiary/aromatic N) is 2. The summed E-state index contributed by atoms with van der Waals surface area (Å²) in [7, 11) is 0. The Labute approximate surface area is 160 Å². The van der Waals surface area contributed by atoms with Crippen LogP contribution in [0, 0.1) is 13.8 Å². The molecule has 1 aromatic heterocycles. The van der Waals surface area contributed by atoms with Gasteiger partial charge in [-0.05, 0) is 44.4 Å². The second-order valence-electron chi connectivity index (χ2n) is 6.66. The second-order valence-corrected chi connectivity index (χ2v) is 6.66. The van der Waals surface area contributed by atoms with Gasteiger partial charge < -0.3 is 15.7 Å². The molecule has 3 N–H and O–H groups in total. The Morgan fingerprint density at radius 2 is 2.12 bits per heavy atom. The maximum atomic E-state index is 11.5. The highest BCUT2D eigenvalue weighted by Crippen LogP contribution is 2.26. The lowest BCUT2D eigenvalue weighted by Gasteiger charge is -2.20. The van der Waals surface area contributed by atoms with Crippen molar-refractivity contribution < 1.29 is 9.90 Å². The van der Waals surface area contributed by atoms with Crippen LogP contribution >= 0.6 is 12.4 Å². The van der Waals surface area contributed by atoms with Crippen LogP contribution in [0.15, 0.2) is 18.2 Å². The van der Waals surface area contributed by atoms with Crippen LogP contribution in [-0.4, -0.2) is 27.4 Å².